The monoisotopic (exact) mass is 328 g/mol. The molecule has 0 amide bonds. The highest BCUT2D eigenvalue weighted by Gasteiger charge is 2.08. The molecule has 23 heavy (non-hydrogen) atoms. The molecular formula is C18H21ClN4. The molecule has 2 aromatic carbocycles. The Hall–Kier alpha value is -1.88. The molecule has 5 heteroatoms. The fourth-order valence-electron chi connectivity index (χ4n) is 2.50. The van der Waals surface area contributed by atoms with Crippen LogP contribution in [0.15, 0.2) is 47.5 Å². The fourth-order valence-corrected chi connectivity index (χ4v) is 2.67. The standard InChI is InChI=1S/C13H9ClN2.C5H12N2/c14-10-5-6-12-13(7-10)15-8-9-3-1-2-4-11(9)16-12;1-7-4-2-6-3-5-7/h1-8,16H;6H,2-5H2,1H3. The number of nitrogens with zero attached hydrogens (tertiary/aromatic N) is 2. The molecule has 0 atom stereocenters. The van der Waals surface area contributed by atoms with Gasteiger partial charge in [-0.15, -0.1) is 0 Å². The Morgan fingerprint density at radius 3 is 2.57 bits per heavy atom. The SMILES string of the molecule is CN1CCNCC1.Clc1ccc2c(c1)N=Cc1ccccc1N2. The Morgan fingerprint density at radius 1 is 1.04 bits per heavy atom. The molecule has 4 nitrogen and oxygen atoms in total. The third kappa shape index (κ3) is 4.32. The van der Waals surface area contributed by atoms with Crippen LogP contribution in [-0.2, 0) is 0 Å². The van der Waals surface area contributed by atoms with Gasteiger partial charge in [-0.3, -0.25) is 4.99 Å². The second-order valence-electron chi connectivity index (χ2n) is 5.69. The van der Waals surface area contributed by atoms with Crippen molar-refractivity contribution in [1.29, 1.82) is 0 Å². The number of nitrogens with one attached hydrogen (secondary N) is 2. The van der Waals surface area contributed by atoms with Crippen molar-refractivity contribution in [3.63, 3.8) is 0 Å². The van der Waals surface area contributed by atoms with Crippen molar-refractivity contribution in [2.24, 2.45) is 4.99 Å². The molecule has 0 spiro atoms. The minimum atomic E-state index is 0.698. The summed E-state index contributed by atoms with van der Waals surface area (Å²) in [5.41, 5.74) is 3.98. The van der Waals surface area contributed by atoms with E-state index in [-0.39, 0.29) is 0 Å². The third-order valence-electron chi connectivity index (χ3n) is 3.87. The Labute approximate surface area is 142 Å². The van der Waals surface area contributed by atoms with Crippen molar-refractivity contribution >= 4 is 34.9 Å². The highest BCUT2D eigenvalue weighted by molar-refractivity contribution is 6.31. The summed E-state index contributed by atoms with van der Waals surface area (Å²) >= 11 is 5.94. The van der Waals surface area contributed by atoms with E-state index in [1.54, 1.807) is 0 Å². The van der Waals surface area contributed by atoms with Crippen molar-refractivity contribution in [1.82, 2.24) is 10.2 Å². The van der Waals surface area contributed by atoms with Gasteiger partial charge in [0.15, 0.2) is 0 Å². The molecule has 2 aliphatic heterocycles. The first-order chi connectivity index (χ1) is 11.2. The zero-order valence-corrected chi connectivity index (χ0v) is 14.0. The van der Waals surface area contributed by atoms with Crippen LogP contribution in [0.25, 0.3) is 0 Å². The molecule has 2 aromatic rings. The van der Waals surface area contributed by atoms with Gasteiger partial charge in [0.1, 0.15) is 0 Å². The van der Waals surface area contributed by atoms with Gasteiger partial charge in [-0.1, -0.05) is 29.8 Å². The lowest BCUT2D eigenvalue weighted by atomic mass is 10.2. The van der Waals surface area contributed by atoms with Gasteiger partial charge in [0.25, 0.3) is 0 Å². The van der Waals surface area contributed by atoms with E-state index in [4.69, 9.17) is 11.6 Å². The molecule has 2 heterocycles. The van der Waals surface area contributed by atoms with E-state index in [1.807, 2.05) is 48.7 Å². The quantitative estimate of drug-likeness (QED) is 0.661. The maximum Gasteiger partial charge on any atom is 0.0879 e. The van der Waals surface area contributed by atoms with Crippen LogP contribution >= 0.6 is 11.6 Å². The number of anilines is 2. The Bertz CT molecular complexity index is 693. The maximum atomic E-state index is 5.94. The molecule has 0 radical (unpaired) electrons. The second kappa shape index (κ2) is 7.59. The smallest absolute Gasteiger partial charge is 0.0879 e. The van der Waals surface area contributed by atoms with Crippen LogP contribution in [0.3, 0.4) is 0 Å². The van der Waals surface area contributed by atoms with Gasteiger partial charge < -0.3 is 15.5 Å². The van der Waals surface area contributed by atoms with E-state index >= 15 is 0 Å². The minimum Gasteiger partial charge on any atom is -0.353 e. The van der Waals surface area contributed by atoms with Crippen molar-refractivity contribution in [3.05, 3.63) is 53.1 Å². The summed E-state index contributed by atoms with van der Waals surface area (Å²) in [6.07, 6.45) is 1.85. The van der Waals surface area contributed by atoms with Crippen molar-refractivity contribution in [2.75, 3.05) is 38.5 Å². The topological polar surface area (TPSA) is 39.7 Å². The van der Waals surface area contributed by atoms with Crippen molar-refractivity contribution < 1.29 is 0 Å². The van der Waals surface area contributed by atoms with E-state index < -0.39 is 0 Å². The van der Waals surface area contributed by atoms with Crippen LogP contribution < -0.4 is 10.6 Å². The Kier molecular flexibility index (Phi) is 5.28. The number of hydrogen-bond donors (Lipinski definition) is 2. The zero-order chi connectivity index (χ0) is 16.1. The number of rotatable bonds is 0. The fraction of sp³-hybridized carbons (Fsp3) is 0.278. The summed E-state index contributed by atoms with van der Waals surface area (Å²) < 4.78 is 0. The Balaban J connectivity index is 0.000000188. The summed E-state index contributed by atoms with van der Waals surface area (Å²) in [7, 11) is 2.15. The maximum absolute atomic E-state index is 5.94. The van der Waals surface area contributed by atoms with Gasteiger partial charge in [0.2, 0.25) is 0 Å². The number of fused-ring (bicyclic) bond motifs is 2. The predicted octanol–water partition coefficient (Wildman–Crippen LogP) is 3.67. The minimum absolute atomic E-state index is 0.698. The number of para-hydroxylation sites is 1. The normalized spacial score (nSPS) is 16.3. The highest BCUT2D eigenvalue weighted by atomic mass is 35.5. The van der Waals surface area contributed by atoms with Gasteiger partial charge in [-0.2, -0.15) is 0 Å². The number of piperazine rings is 1. The van der Waals surface area contributed by atoms with Crippen molar-refractivity contribution in [2.45, 2.75) is 0 Å². The summed E-state index contributed by atoms with van der Waals surface area (Å²) in [6, 6.07) is 13.7. The van der Waals surface area contributed by atoms with Crippen LogP contribution in [0.4, 0.5) is 17.1 Å². The van der Waals surface area contributed by atoms with Gasteiger partial charge in [-0.25, -0.2) is 0 Å². The number of aliphatic imine (C=N–C) groups is 1. The Morgan fingerprint density at radius 2 is 1.83 bits per heavy atom. The largest absolute Gasteiger partial charge is 0.353 e. The van der Waals surface area contributed by atoms with E-state index in [2.05, 4.69) is 27.6 Å². The summed E-state index contributed by atoms with van der Waals surface area (Å²) in [5.74, 6) is 0. The number of halogens is 1. The van der Waals surface area contributed by atoms with Crippen molar-refractivity contribution in [3.8, 4) is 0 Å². The summed E-state index contributed by atoms with van der Waals surface area (Å²) in [4.78, 5) is 6.75. The van der Waals surface area contributed by atoms with Gasteiger partial charge in [0, 0.05) is 48.7 Å². The van der Waals surface area contributed by atoms with Gasteiger partial charge >= 0.3 is 0 Å². The first-order valence-corrected chi connectivity index (χ1v) is 8.19. The highest BCUT2D eigenvalue weighted by Crippen LogP contribution is 2.33. The van der Waals surface area contributed by atoms with Gasteiger partial charge in [0.05, 0.1) is 11.4 Å². The molecule has 0 aliphatic carbocycles. The molecule has 0 unspecified atom stereocenters. The molecular weight excluding hydrogens is 308 g/mol. The molecule has 0 aromatic heterocycles. The number of benzene rings is 2. The summed E-state index contributed by atoms with van der Waals surface area (Å²) in [5, 5.41) is 7.32. The average Bonchev–Trinajstić information content (AvgIpc) is 2.75. The lowest BCUT2D eigenvalue weighted by Gasteiger charge is -2.21. The van der Waals surface area contributed by atoms with E-state index in [9.17, 15) is 0 Å². The van der Waals surface area contributed by atoms with E-state index in [0.29, 0.717) is 5.02 Å². The number of hydrogen-bond acceptors (Lipinski definition) is 4. The summed E-state index contributed by atoms with van der Waals surface area (Å²) in [6.45, 7) is 4.74. The third-order valence-corrected chi connectivity index (χ3v) is 4.11. The second-order valence-corrected chi connectivity index (χ2v) is 6.12. The lowest BCUT2D eigenvalue weighted by Crippen LogP contribution is -2.40. The van der Waals surface area contributed by atoms with Gasteiger partial charge in [-0.05, 0) is 31.3 Å². The number of likely N-dealkylation sites (N-methyl/N-ethyl adjacent to an activating group) is 1. The molecule has 2 aliphatic rings. The molecule has 1 saturated heterocycles. The van der Waals surface area contributed by atoms with Crippen LogP contribution in [0.1, 0.15) is 5.56 Å². The molecule has 0 saturated carbocycles. The predicted molar refractivity (Wildman–Crippen MR) is 98.8 cm³/mol. The van der Waals surface area contributed by atoms with E-state index in [0.717, 1.165) is 35.7 Å². The lowest BCUT2D eigenvalue weighted by molar-refractivity contribution is 0.291. The average molecular weight is 329 g/mol. The zero-order valence-electron chi connectivity index (χ0n) is 13.2. The first-order valence-electron chi connectivity index (χ1n) is 7.81. The molecule has 0 bridgehead atoms. The molecule has 1 fully saturated rings. The molecule has 4 rings (SSSR count). The van der Waals surface area contributed by atoms with Crippen LogP contribution in [-0.4, -0.2) is 44.3 Å². The first kappa shape index (κ1) is 16.0. The van der Waals surface area contributed by atoms with Crippen LogP contribution in [0.2, 0.25) is 5.02 Å². The molecule has 120 valence electrons. The van der Waals surface area contributed by atoms with Crippen LogP contribution in [0, 0.1) is 0 Å². The van der Waals surface area contributed by atoms with E-state index in [1.165, 1.54) is 13.1 Å². The van der Waals surface area contributed by atoms with Crippen LogP contribution in [0.5, 0.6) is 0 Å². The molecule has 2 N–H and O–H groups in total.